The van der Waals surface area contributed by atoms with E-state index in [2.05, 4.69) is 40.2 Å². The van der Waals surface area contributed by atoms with Crippen molar-refractivity contribution in [3.8, 4) is 6.07 Å². The van der Waals surface area contributed by atoms with Crippen molar-refractivity contribution in [3.63, 3.8) is 0 Å². The van der Waals surface area contributed by atoms with Gasteiger partial charge >= 0.3 is 0 Å². The Morgan fingerprint density at radius 2 is 2.37 bits per heavy atom. The van der Waals surface area contributed by atoms with Crippen LogP contribution in [0.25, 0.3) is 10.9 Å². The molecule has 2 atom stereocenters. The molecule has 19 heavy (non-hydrogen) atoms. The summed E-state index contributed by atoms with van der Waals surface area (Å²) in [6.45, 7) is 2.88. The van der Waals surface area contributed by atoms with Crippen molar-refractivity contribution in [1.82, 2.24) is 15.1 Å². The maximum absolute atomic E-state index is 9.43. The van der Waals surface area contributed by atoms with Gasteiger partial charge in [-0.15, -0.1) is 0 Å². The summed E-state index contributed by atoms with van der Waals surface area (Å²) in [7, 11) is 0. The third-order valence-corrected chi connectivity index (χ3v) is 4.07. The zero-order chi connectivity index (χ0) is 13.3. The first-order valence-electron chi connectivity index (χ1n) is 6.86. The lowest BCUT2D eigenvalue weighted by molar-refractivity contribution is 0.400. The molecule has 0 bridgehead atoms. The fourth-order valence-electron chi connectivity index (χ4n) is 3.15. The average molecular weight is 254 g/mol. The molecule has 2 unspecified atom stereocenters. The minimum Gasteiger partial charge on any atom is -0.300 e. The number of nitrogens with zero attached hydrogens (tertiary/aromatic N) is 3. The van der Waals surface area contributed by atoms with E-state index in [0.29, 0.717) is 6.04 Å². The first-order valence-corrected chi connectivity index (χ1v) is 6.86. The van der Waals surface area contributed by atoms with Gasteiger partial charge in [0.15, 0.2) is 0 Å². The predicted molar refractivity (Wildman–Crippen MR) is 74.6 cm³/mol. The molecule has 3 rings (SSSR count). The second-order valence-corrected chi connectivity index (χ2v) is 5.27. The minimum atomic E-state index is -0.369. The van der Waals surface area contributed by atoms with Gasteiger partial charge in [-0.3, -0.25) is 10.00 Å². The Labute approximate surface area is 113 Å². The van der Waals surface area contributed by atoms with Crippen molar-refractivity contribution in [2.24, 2.45) is 0 Å². The summed E-state index contributed by atoms with van der Waals surface area (Å²) < 4.78 is 2.09. The normalized spacial score (nSPS) is 26.6. The quantitative estimate of drug-likeness (QED) is 0.916. The predicted octanol–water partition coefficient (Wildman–Crippen LogP) is 2.63. The van der Waals surface area contributed by atoms with E-state index in [4.69, 9.17) is 0 Å². The third kappa shape index (κ3) is 2.00. The Hall–Kier alpha value is -1.86. The van der Waals surface area contributed by atoms with Crippen molar-refractivity contribution >= 4 is 10.9 Å². The number of hydrogen-bond donors (Lipinski definition) is 1. The highest BCUT2D eigenvalue weighted by molar-refractivity contribution is 5.78. The van der Waals surface area contributed by atoms with Crippen LogP contribution in [0.15, 0.2) is 30.5 Å². The van der Waals surface area contributed by atoms with E-state index in [1.165, 1.54) is 5.39 Å². The summed E-state index contributed by atoms with van der Waals surface area (Å²) in [5.74, 6) is 0. The first kappa shape index (κ1) is 12.2. The Morgan fingerprint density at radius 3 is 3.16 bits per heavy atom. The van der Waals surface area contributed by atoms with Gasteiger partial charge < -0.3 is 0 Å². The molecule has 98 valence electrons. The van der Waals surface area contributed by atoms with Gasteiger partial charge in [-0.25, -0.2) is 0 Å². The monoisotopic (exact) mass is 254 g/mol. The Balaban J connectivity index is 1.91. The number of hydrogen-bond acceptors (Lipinski definition) is 3. The Morgan fingerprint density at radius 1 is 1.53 bits per heavy atom. The molecule has 1 saturated carbocycles. The Kier molecular flexibility index (Phi) is 3.00. The number of fused-ring (bicyclic) bond motifs is 1. The molecule has 1 fully saturated rings. The number of benzene rings is 1. The van der Waals surface area contributed by atoms with Gasteiger partial charge in [0.05, 0.1) is 23.8 Å². The summed E-state index contributed by atoms with van der Waals surface area (Å²) in [5, 5.41) is 18.5. The fraction of sp³-hybridized carbons (Fsp3) is 0.467. The van der Waals surface area contributed by atoms with Crippen LogP contribution in [0.3, 0.4) is 0 Å². The van der Waals surface area contributed by atoms with E-state index >= 15 is 0 Å². The molecule has 0 spiro atoms. The molecule has 1 N–H and O–H groups in total. The molecule has 4 heteroatoms. The topological polar surface area (TPSA) is 53.6 Å². The van der Waals surface area contributed by atoms with Gasteiger partial charge in [0.2, 0.25) is 0 Å². The van der Waals surface area contributed by atoms with Crippen LogP contribution in [0.1, 0.15) is 32.2 Å². The van der Waals surface area contributed by atoms with E-state index in [9.17, 15) is 5.26 Å². The molecule has 0 amide bonds. The second-order valence-electron chi connectivity index (χ2n) is 5.27. The van der Waals surface area contributed by atoms with Crippen molar-refractivity contribution in [1.29, 1.82) is 5.26 Å². The van der Waals surface area contributed by atoms with Crippen molar-refractivity contribution in [3.05, 3.63) is 30.5 Å². The number of aromatic nitrogens is 2. The molecule has 1 aromatic carbocycles. The lowest BCUT2D eigenvalue weighted by atomic mass is 9.99. The van der Waals surface area contributed by atoms with E-state index in [1.54, 1.807) is 0 Å². The van der Waals surface area contributed by atoms with Gasteiger partial charge in [0.25, 0.3) is 0 Å². The van der Waals surface area contributed by atoms with E-state index in [1.807, 2.05) is 18.3 Å². The van der Waals surface area contributed by atoms with Crippen LogP contribution < -0.4 is 5.32 Å². The van der Waals surface area contributed by atoms with Crippen LogP contribution in [0.2, 0.25) is 0 Å². The third-order valence-electron chi connectivity index (χ3n) is 4.07. The molecule has 0 aliphatic heterocycles. The zero-order valence-corrected chi connectivity index (χ0v) is 11.1. The van der Waals surface area contributed by atoms with Gasteiger partial charge in [-0.2, -0.15) is 10.4 Å². The highest BCUT2D eigenvalue weighted by atomic mass is 15.3. The molecule has 0 radical (unpaired) electrons. The van der Waals surface area contributed by atoms with Crippen LogP contribution in [0.5, 0.6) is 0 Å². The maximum Gasteiger partial charge on any atom is 0.108 e. The molecule has 1 heterocycles. The van der Waals surface area contributed by atoms with E-state index < -0.39 is 0 Å². The number of nitrogens with one attached hydrogen (secondary N) is 1. The number of rotatable bonds is 3. The van der Waals surface area contributed by atoms with Crippen molar-refractivity contribution in [2.75, 3.05) is 6.54 Å². The molecule has 4 nitrogen and oxygen atoms in total. The van der Waals surface area contributed by atoms with Crippen LogP contribution in [0, 0.1) is 11.3 Å². The Bertz CT molecular complexity index is 624. The lowest BCUT2D eigenvalue weighted by Crippen LogP contribution is -2.41. The lowest BCUT2D eigenvalue weighted by Gasteiger charge is -2.22. The van der Waals surface area contributed by atoms with Gasteiger partial charge in [-0.1, -0.05) is 25.1 Å². The van der Waals surface area contributed by atoms with Gasteiger partial charge in [-0.05, 0) is 25.5 Å². The number of nitriles is 1. The first-order chi connectivity index (χ1) is 9.28. The largest absolute Gasteiger partial charge is 0.300 e. The molecular weight excluding hydrogens is 236 g/mol. The van der Waals surface area contributed by atoms with Gasteiger partial charge in [0, 0.05) is 11.8 Å². The van der Waals surface area contributed by atoms with Crippen molar-refractivity contribution in [2.45, 2.75) is 37.8 Å². The molecular formula is C15H18N4. The second kappa shape index (κ2) is 4.67. The van der Waals surface area contributed by atoms with Crippen LogP contribution in [-0.2, 0) is 0 Å². The van der Waals surface area contributed by atoms with Crippen molar-refractivity contribution < 1.29 is 0 Å². The summed E-state index contributed by atoms with van der Waals surface area (Å²) in [4.78, 5) is 0. The summed E-state index contributed by atoms with van der Waals surface area (Å²) in [5.41, 5.74) is 0.796. The molecule has 1 aliphatic carbocycles. The molecule has 2 aromatic rings. The van der Waals surface area contributed by atoms with Crippen LogP contribution in [-0.4, -0.2) is 21.9 Å². The van der Waals surface area contributed by atoms with E-state index in [0.717, 1.165) is 31.3 Å². The summed E-state index contributed by atoms with van der Waals surface area (Å²) in [6, 6.07) is 11.0. The highest BCUT2D eigenvalue weighted by Crippen LogP contribution is 2.38. The number of para-hydroxylation sites is 1. The smallest absolute Gasteiger partial charge is 0.108 e. The highest BCUT2D eigenvalue weighted by Gasteiger charge is 2.40. The maximum atomic E-state index is 9.43. The summed E-state index contributed by atoms with van der Waals surface area (Å²) >= 11 is 0. The van der Waals surface area contributed by atoms with Gasteiger partial charge in [0.1, 0.15) is 5.54 Å². The SMILES string of the molecule is CCNC1(C#N)CCC(n2ncc3ccccc32)C1. The molecule has 1 aromatic heterocycles. The minimum absolute atomic E-state index is 0.318. The molecule has 1 aliphatic rings. The summed E-state index contributed by atoms with van der Waals surface area (Å²) in [6.07, 6.45) is 4.65. The average Bonchev–Trinajstić information content (AvgIpc) is 3.03. The standard InChI is InChI=1S/C15H18N4/c1-2-17-15(11-16)8-7-13(9-15)19-14-6-4-3-5-12(14)10-18-19/h3-6,10,13,17H,2,7-9H2,1H3. The zero-order valence-electron chi connectivity index (χ0n) is 11.1. The van der Waals surface area contributed by atoms with E-state index in [-0.39, 0.29) is 5.54 Å². The van der Waals surface area contributed by atoms with Crippen LogP contribution >= 0.6 is 0 Å². The molecule has 0 saturated heterocycles. The van der Waals surface area contributed by atoms with Crippen LogP contribution in [0.4, 0.5) is 0 Å². The fourth-order valence-corrected chi connectivity index (χ4v) is 3.15.